The first-order valence-electron chi connectivity index (χ1n) is 9.09. The molecule has 29 heavy (non-hydrogen) atoms. The Kier molecular flexibility index (Phi) is 35.5. The van der Waals surface area contributed by atoms with Crippen LogP contribution in [-0.2, 0) is 14.3 Å². The first kappa shape index (κ1) is 38.4. The highest BCUT2D eigenvalue weighted by molar-refractivity contribution is 9.09. The van der Waals surface area contributed by atoms with Gasteiger partial charge in [-0.2, -0.15) is 0 Å². The Morgan fingerprint density at radius 1 is 0.931 bits per heavy atom. The summed E-state index contributed by atoms with van der Waals surface area (Å²) in [6, 6.07) is 0. The fourth-order valence-corrected chi connectivity index (χ4v) is 1.59. The lowest BCUT2D eigenvalue weighted by molar-refractivity contribution is -0.146. The molecule has 0 aliphatic heterocycles. The van der Waals surface area contributed by atoms with Gasteiger partial charge in [0.2, 0.25) is 0 Å². The summed E-state index contributed by atoms with van der Waals surface area (Å²) in [5.74, 6) is -2.87. The van der Waals surface area contributed by atoms with Crippen molar-refractivity contribution in [2.45, 2.75) is 80.4 Å². The minimum Gasteiger partial charge on any atom is -0.481 e. The van der Waals surface area contributed by atoms with Crippen LogP contribution in [0.2, 0.25) is 0 Å². The van der Waals surface area contributed by atoms with Crippen molar-refractivity contribution in [2.24, 2.45) is 11.8 Å². The van der Waals surface area contributed by atoms with Crippen molar-refractivity contribution in [1.82, 2.24) is 0 Å². The lowest BCUT2D eigenvalue weighted by Gasteiger charge is -2.16. The highest BCUT2D eigenvalue weighted by atomic mass is 79.9. The molecule has 0 rings (SSSR count). The molecular formula is C22H45BrO6. The van der Waals surface area contributed by atoms with Crippen LogP contribution in [0.4, 0.5) is 0 Å². The molecule has 0 radical (unpaired) electrons. The van der Waals surface area contributed by atoms with E-state index in [1.54, 1.807) is 13.8 Å². The van der Waals surface area contributed by atoms with E-state index in [-0.39, 0.29) is 21.0 Å². The van der Waals surface area contributed by atoms with Crippen LogP contribution >= 0.6 is 15.9 Å². The third-order valence-corrected chi connectivity index (χ3v) is 4.24. The summed E-state index contributed by atoms with van der Waals surface area (Å²) in [7, 11) is 0. The minimum absolute atomic E-state index is 0. The number of aliphatic carboxylic acids is 2. The first-order chi connectivity index (χ1) is 12.6. The van der Waals surface area contributed by atoms with E-state index in [4.69, 9.17) is 20.1 Å². The number of hydrogen-bond donors (Lipinski definition) is 3. The van der Waals surface area contributed by atoms with Gasteiger partial charge in [-0.05, 0) is 53.4 Å². The molecule has 4 atom stereocenters. The third-order valence-electron chi connectivity index (χ3n) is 3.68. The van der Waals surface area contributed by atoms with Crippen LogP contribution in [0.1, 0.15) is 68.2 Å². The van der Waals surface area contributed by atoms with Gasteiger partial charge in [0.25, 0.3) is 0 Å². The van der Waals surface area contributed by atoms with Gasteiger partial charge in [-0.25, -0.2) is 0 Å². The van der Waals surface area contributed by atoms with Gasteiger partial charge in [-0.15, -0.1) is 13.2 Å². The number of carboxylic acid groups (broad SMARTS) is 2. The topological polar surface area (TPSA) is 104 Å². The van der Waals surface area contributed by atoms with Crippen molar-refractivity contribution in [1.29, 1.82) is 0 Å². The molecule has 0 aromatic carbocycles. The van der Waals surface area contributed by atoms with Crippen molar-refractivity contribution < 1.29 is 29.6 Å². The number of rotatable bonds is 12. The maximum absolute atomic E-state index is 10.5. The zero-order valence-electron chi connectivity index (χ0n) is 17.1. The maximum Gasteiger partial charge on any atom is 0.308 e. The monoisotopic (exact) mass is 484 g/mol. The third kappa shape index (κ3) is 29.1. The number of unbranched alkanes of at least 4 members (excludes halogenated alkanes) is 2. The number of aliphatic hydroxyl groups excluding tert-OH is 1. The van der Waals surface area contributed by atoms with Gasteiger partial charge in [0.1, 0.15) is 0 Å². The first-order valence-corrected chi connectivity index (χ1v) is 10.2. The van der Waals surface area contributed by atoms with E-state index in [1.807, 2.05) is 12.2 Å². The quantitative estimate of drug-likeness (QED) is 0.184. The standard InChI is InChI=1S/C10H18O3.C5H9Br.C5H10O3.2CH4/c1-4-5-6-7-13-9(3)8(2)10(11)12;1-2-3-4-5-6;1-3(4(2)6)5(7)8;;/h4,8-9H,1,5-7H2,2-3H3,(H,11,12);2H,1,3-5H2;3-4,6H,1-2H3,(H,7,8);2*1H4/t8-,9+;;3-,4+;;/m0.0../s1. The van der Waals surface area contributed by atoms with Gasteiger partial charge in [0.15, 0.2) is 0 Å². The number of alkyl halides is 1. The molecule has 7 heteroatoms. The highest BCUT2D eigenvalue weighted by Gasteiger charge is 2.19. The van der Waals surface area contributed by atoms with E-state index >= 15 is 0 Å². The zero-order chi connectivity index (χ0) is 21.8. The lowest BCUT2D eigenvalue weighted by Crippen LogP contribution is -2.25. The van der Waals surface area contributed by atoms with Gasteiger partial charge >= 0.3 is 11.9 Å². The van der Waals surface area contributed by atoms with Gasteiger partial charge in [0.05, 0.1) is 24.0 Å². The Morgan fingerprint density at radius 3 is 1.59 bits per heavy atom. The number of aliphatic hydroxyl groups is 1. The van der Waals surface area contributed by atoms with E-state index in [9.17, 15) is 9.59 Å². The van der Waals surface area contributed by atoms with Gasteiger partial charge in [-0.1, -0.05) is 42.9 Å². The number of allylic oxidation sites excluding steroid dienone is 2. The minimum atomic E-state index is -0.958. The van der Waals surface area contributed by atoms with Crippen molar-refractivity contribution in [3.8, 4) is 0 Å². The molecule has 0 amide bonds. The van der Waals surface area contributed by atoms with Crippen molar-refractivity contribution >= 4 is 27.9 Å². The summed E-state index contributed by atoms with van der Waals surface area (Å²) in [4.78, 5) is 20.5. The Bertz CT molecular complexity index is 399. The summed E-state index contributed by atoms with van der Waals surface area (Å²) in [6.07, 6.45) is 6.94. The van der Waals surface area contributed by atoms with Crippen molar-refractivity contribution in [2.75, 3.05) is 11.9 Å². The largest absolute Gasteiger partial charge is 0.481 e. The second kappa shape index (κ2) is 26.8. The molecule has 0 aromatic rings. The van der Waals surface area contributed by atoms with Gasteiger partial charge < -0.3 is 20.1 Å². The molecular weight excluding hydrogens is 440 g/mol. The summed E-state index contributed by atoms with van der Waals surface area (Å²) in [5.41, 5.74) is 0. The van der Waals surface area contributed by atoms with Gasteiger partial charge in [-0.3, -0.25) is 9.59 Å². The molecule has 6 nitrogen and oxygen atoms in total. The van der Waals surface area contributed by atoms with Crippen LogP contribution in [0.5, 0.6) is 0 Å². The molecule has 0 fully saturated rings. The summed E-state index contributed by atoms with van der Waals surface area (Å²) < 4.78 is 5.34. The van der Waals surface area contributed by atoms with Crippen LogP contribution < -0.4 is 0 Å². The molecule has 0 aliphatic carbocycles. The van der Waals surface area contributed by atoms with Crippen LogP contribution in [0.15, 0.2) is 25.3 Å². The second-order valence-corrected chi connectivity index (χ2v) is 6.91. The van der Waals surface area contributed by atoms with Gasteiger partial charge in [0, 0.05) is 11.9 Å². The van der Waals surface area contributed by atoms with Crippen molar-refractivity contribution in [3.05, 3.63) is 25.3 Å². The summed E-state index contributed by atoms with van der Waals surface area (Å²) in [6.45, 7) is 14.1. The molecule has 176 valence electrons. The van der Waals surface area contributed by atoms with Crippen LogP contribution in [0.25, 0.3) is 0 Å². The van der Waals surface area contributed by atoms with Crippen LogP contribution in [0, 0.1) is 11.8 Å². The Labute approximate surface area is 187 Å². The smallest absolute Gasteiger partial charge is 0.308 e. The maximum atomic E-state index is 10.5. The normalized spacial score (nSPS) is 13.2. The predicted molar refractivity (Wildman–Crippen MR) is 127 cm³/mol. The highest BCUT2D eigenvalue weighted by Crippen LogP contribution is 2.07. The fourth-order valence-electron chi connectivity index (χ4n) is 1.27. The zero-order valence-corrected chi connectivity index (χ0v) is 18.7. The molecule has 0 spiro atoms. The number of halogens is 1. The van der Waals surface area contributed by atoms with Crippen LogP contribution in [0.3, 0.4) is 0 Å². The number of ether oxygens (including phenoxy) is 1. The Hall–Kier alpha value is -1.18. The van der Waals surface area contributed by atoms with E-state index in [0.717, 1.165) is 24.6 Å². The fraction of sp³-hybridized carbons (Fsp3) is 0.727. The van der Waals surface area contributed by atoms with E-state index < -0.39 is 29.9 Å². The SMILES string of the molecule is C.C.C=CCCCBr.C=CCCCO[C@H](C)[C@H](C)C(=O)O.C[C@H](C(=O)O)[C@@H](C)O. The molecule has 0 saturated heterocycles. The number of carbonyl (C=O) groups is 2. The summed E-state index contributed by atoms with van der Waals surface area (Å²) in [5, 5.41) is 26.6. The molecule has 3 N–H and O–H groups in total. The Morgan fingerprint density at radius 2 is 1.34 bits per heavy atom. The average Bonchev–Trinajstić information content (AvgIpc) is 2.62. The Balaban J connectivity index is -0.000000104. The molecule has 0 bridgehead atoms. The van der Waals surface area contributed by atoms with E-state index in [0.29, 0.717) is 6.61 Å². The summed E-state index contributed by atoms with van der Waals surface area (Å²) >= 11 is 3.30. The van der Waals surface area contributed by atoms with E-state index in [2.05, 4.69) is 29.1 Å². The molecule has 0 unspecified atom stereocenters. The van der Waals surface area contributed by atoms with Crippen molar-refractivity contribution in [3.63, 3.8) is 0 Å². The van der Waals surface area contributed by atoms with Crippen LogP contribution in [-0.4, -0.2) is 51.4 Å². The van der Waals surface area contributed by atoms with E-state index in [1.165, 1.54) is 20.3 Å². The number of carboxylic acids is 2. The molecule has 0 saturated carbocycles. The average molecular weight is 486 g/mol. The number of hydrogen-bond acceptors (Lipinski definition) is 4. The predicted octanol–water partition coefficient (Wildman–Crippen LogP) is 5.79. The molecule has 0 aliphatic rings. The molecule has 0 heterocycles. The molecule has 0 aromatic heterocycles. The lowest BCUT2D eigenvalue weighted by atomic mass is 10.1. The second-order valence-electron chi connectivity index (χ2n) is 6.12.